The Hall–Kier alpha value is -4.36. The number of methoxy groups -OCH3 is 1. The molecule has 1 aliphatic rings. The fourth-order valence-corrected chi connectivity index (χ4v) is 4.17. The van der Waals surface area contributed by atoms with Gasteiger partial charge in [-0.15, -0.1) is 0 Å². The number of aryl methyl sites for hydroxylation is 1. The van der Waals surface area contributed by atoms with Crippen molar-refractivity contribution in [3.63, 3.8) is 0 Å². The lowest BCUT2D eigenvalue weighted by atomic mass is 9.98. The highest BCUT2D eigenvalue weighted by Crippen LogP contribution is 2.39. The van der Waals surface area contributed by atoms with Gasteiger partial charge in [-0.3, -0.25) is 0 Å². The molecule has 212 valence electrons. The van der Waals surface area contributed by atoms with Gasteiger partial charge in [-0.25, -0.2) is 9.59 Å². The molecular weight excluding hydrogens is 528 g/mol. The molecule has 5 N–H and O–H groups in total. The van der Waals surface area contributed by atoms with Gasteiger partial charge in [0.2, 0.25) is 6.29 Å². The second-order valence-corrected chi connectivity index (χ2v) is 8.97. The maximum absolute atomic E-state index is 12.6. The van der Waals surface area contributed by atoms with Gasteiger partial charge in [-0.2, -0.15) is 0 Å². The van der Waals surface area contributed by atoms with Gasteiger partial charge >= 0.3 is 11.6 Å². The minimum Gasteiger partial charge on any atom is -0.508 e. The molecule has 12 heteroatoms. The van der Waals surface area contributed by atoms with Crippen molar-refractivity contribution in [3.05, 3.63) is 76.2 Å². The van der Waals surface area contributed by atoms with Gasteiger partial charge in [0.1, 0.15) is 47.1 Å². The number of ether oxygens (including phenoxy) is 4. The molecule has 3 aromatic rings. The molecule has 0 spiro atoms. The van der Waals surface area contributed by atoms with Crippen LogP contribution in [0.25, 0.3) is 17.4 Å². The predicted octanol–water partition coefficient (Wildman–Crippen LogP) is 1.48. The lowest BCUT2D eigenvalue weighted by molar-refractivity contribution is -0.281. The smallest absolute Gasteiger partial charge is 0.339 e. The molecule has 0 saturated carbocycles. The van der Waals surface area contributed by atoms with Crippen molar-refractivity contribution >= 4 is 12.0 Å². The zero-order chi connectivity index (χ0) is 29.0. The van der Waals surface area contributed by atoms with Crippen LogP contribution < -0.4 is 15.1 Å². The molecule has 1 aromatic heterocycles. The van der Waals surface area contributed by atoms with E-state index in [1.165, 1.54) is 43.5 Å². The SMILES string of the molecule is COc1cc(-c2c(C)cc(O)cc2O[C@H]2O[C@@H](CO)[C@H](O)[C@@H](O)[C@@H]2OC(=O)/C=C/c2ccc(O)cc2)oc(=O)c1. The van der Waals surface area contributed by atoms with Crippen LogP contribution in [0.2, 0.25) is 0 Å². The molecule has 0 radical (unpaired) electrons. The third-order valence-electron chi connectivity index (χ3n) is 6.14. The highest BCUT2D eigenvalue weighted by molar-refractivity contribution is 5.87. The van der Waals surface area contributed by atoms with Crippen LogP contribution in [0.5, 0.6) is 23.0 Å². The number of phenols is 2. The number of carbonyl (C=O) groups excluding carboxylic acids is 1. The number of carbonyl (C=O) groups is 1. The number of aromatic hydroxyl groups is 2. The molecule has 1 saturated heterocycles. The summed E-state index contributed by atoms with van der Waals surface area (Å²) in [5.41, 5.74) is 0.499. The average Bonchev–Trinajstić information content (AvgIpc) is 2.91. The van der Waals surface area contributed by atoms with Gasteiger partial charge in [0.05, 0.1) is 25.3 Å². The molecule has 0 amide bonds. The third kappa shape index (κ3) is 6.43. The van der Waals surface area contributed by atoms with Gasteiger partial charge in [0.25, 0.3) is 0 Å². The summed E-state index contributed by atoms with van der Waals surface area (Å²) >= 11 is 0. The van der Waals surface area contributed by atoms with Crippen LogP contribution in [0, 0.1) is 6.92 Å². The van der Waals surface area contributed by atoms with E-state index in [0.29, 0.717) is 11.1 Å². The quantitative estimate of drug-likeness (QED) is 0.199. The van der Waals surface area contributed by atoms with Crippen molar-refractivity contribution in [3.8, 4) is 34.3 Å². The lowest BCUT2D eigenvalue weighted by Gasteiger charge is -2.41. The molecule has 5 atom stereocenters. The molecule has 40 heavy (non-hydrogen) atoms. The Balaban J connectivity index is 1.67. The van der Waals surface area contributed by atoms with Gasteiger partial charge in [0, 0.05) is 18.2 Å². The first-order chi connectivity index (χ1) is 19.1. The Kier molecular flexibility index (Phi) is 8.75. The molecule has 12 nitrogen and oxygen atoms in total. The van der Waals surface area contributed by atoms with Crippen LogP contribution in [0.3, 0.4) is 0 Å². The Morgan fingerprint density at radius 1 is 1.02 bits per heavy atom. The molecule has 2 heterocycles. The zero-order valence-electron chi connectivity index (χ0n) is 21.5. The number of aliphatic hydroxyl groups is 3. The average molecular weight is 557 g/mol. The van der Waals surface area contributed by atoms with Gasteiger partial charge in [0.15, 0.2) is 6.10 Å². The summed E-state index contributed by atoms with van der Waals surface area (Å²) in [6.07, 6.45) is -5.39. The van der Waals surface area contributed by atoms with Gasteiger partial charge in [-0.05, 0) is 42.3 Å². The van der Waals surface area contributed by atoms with E-state index in [9.17, 15) is 35.1 Å². The van der Waals surface area contributed by atoms with E-state index in [4.69, 9.17) is 23.4 Å². The highest BCUT2D eigenvalue weighted by atomic mass is 16.7. The zero-order valence-corrected chi connectivity index (χ0v) is 21.5. The highest BCUT2D eigenvalue weighted by Gasteiger charge is 2.48. The van der Waals surface area contributed by atoms with Crippen LogP contribution in [0.1, 0.15) is 11.1 Å². The number of hydrogen-bond acceptors (Lipinski definition) is 12. The topological polar surface area (TPSA) is 185 Å². The first kappa shape index (κ1) is 28.6. The van der Waals surface area contributed by atoms with Crippen LogP contribution in [0.4, 0.5) is 0 Å². The van der Waals surface area contributed by atoms with E-state index in [0.717, 1.165) is 12.1 Å². The first-order valence-corrected chi connectivity index (χ1v) is 12.1. The number of rotatable bonds is 8. The Morgan fingerprint density at radius 3 is 2.42 bits per heavy atom. The van der Waals surface area contributed by atoms with Crippen LogP contribution in [-0.4, -0.2) is 75.9 Å². The predicted molar refractivity (Wildman–Crippen MR) is 139 cm³/mol. The second kappa shape index (κ2) is 12.2. The minimum absolute atomic E-state index is 0.0253. The second-order valence-electron chi connectivity index (χ2n) is 8.97. The summed E-state index contributed by atoms with van der Waals surface area (Å²) in [6, 6.07) is 11.1. The fourth-order valence-electron chi connectivity index (χ4n) is 4.17. The maximum atomic E-state index is 12.6. The van der Waals surface area contributed by atoms with E-state index in [-0.39, 0.29) is 34.3 Å². The van der Waals surface area contributed by atoms with E-state index in [1.54, 1.807) is 19.1 Å². The molecule has 1 fully saturated rings. The number of benzene rings is 2. The Labute approximate surface area is 227 Å². The summed E-state index contributed by atoms with van der Waals surface area (Å²) in [6.45, 7) is 0.917. The molecular formula is C28H28O12. The summed E-state index contributed by atoms with van der Waals surface area (Å²) in [5.74, 6) is -0.955. The van der Waals surface area contributed by atoms with Crippen molar-refractivity contribution in [2.24, 2.45) is 0 Å². The monoisotopic (exact) mass is 556 g/mol. The van der Waals surface area contributed by atoms with E-state index in [1.807, 2.05) is 0 Å². The minimum atomic E-state index is -1.74. The largest absolute Gasteiger partial charge is 0.508 e. The van der Waals surface area contributed by atoms with Crippen molar-refractivity contribution in [2.45, 2.75) is 37.6 Å². The van der Waals surface area contributed by atoms with Crippen LogP contribution in [-0.2, 0) is 14.3 Å². The van der Waals surface area contributed by atoms with Crippen molar-refractivity contribution in [1.29, 1.82) is 0 Å². The summed E-state index contributed by atoms with van der Waals surface area (Å²) in [5, 5.41) is 50.6. The standard InChI is InChI=1S/C28H28O12/c1-14-9-17(31)10-19(24(14)20-11-18(36-2)12-23(33)37-20)38-28-27(26(35)25(34)21(13-29)39-28)40-22(32)8-5-15-3-6-16(30)7-4-15/h3-12,21,25-31,34-35H,13H2,1-2H3/b8-5+/t21-,25-,26+,27-,28-/m0/s1. The Bertz CT molecular complexity index is 1430. The van der Waals surface area contributed by atoms with Crippen molar-refractivity contribution in [2.75, 3.05) is 13.7 Å². The number of hydrogen-bond donors (Lipinski definition) is 5. The number of aliphatic hydroxyl groups excluding tert-OH is 3. The van der Waals surface area contributed by atoms with Gasteiger partial charge in [-0.1, -0.05) is 12.1 Å². The molecule has 0 aliphatic carbocycles. The van der Waals surface area contributed by atoms with E-state index in [2.05, 4.69) is 0 Å². The van der Waals surface area contributed by atoms with Crippen molar-refractivity contribution < 1.29 is 53.7 Å². The normalized spacial score (nSPS) is 22.7. The molecule has 0 bridgehead atoms. The summed E-state index contributed by atoms with van der Waals surface area (Å²) in [4.78, 5) is 24.8. The molecule has 2 aromatic carbocycles. The van der Waals surface area contributed by atoms with Crippen molar-refractivity contribution in [1.82, 2.24) is 0 Å². The summed E-state index contributed by atoms with van der Waals surface area (Å²) in [7, 11) is 1.37. The third-order valence-corrected chi connectivity index (χ3v) is 6.14. The maximum Gasteiger partial charge on any atom is 0.339 e. The first-order valence-electron chi connectivity index (χ1n) is 12.1. The number of phenolic OH excluding ortho intramolecular Hbond substituents is 2. The van der Waals surface area contributed by atoms with Crippen LogP contribution >= 0.6 is 0 Å². The Morgan fingerprint density at radius 2 is 1.75 bits per heavy atom. The van der Waals surface area contributed by atoms with E-state index < -0.39 is 48.9 Å². The molecule has 1 aliphatic heterocycles. The van der Waals surface area contributed by atoms with Gasteiger partial charge < -0.3 is 48.9 Å². The molecule has 0 unspecified atom stereocenters. The summed E-state index contributed by atoms with van der Waals surface area (Å²) < 4.78 is 27.5. The molecule has 4 rings (SSSR count). The number of esters is 1. The van der Waals surface area contributed by atoms with E-state index >= 15 is 0 Å². The van der Waals surface area contributed by atoms with Crippen LogP contribution in [0.15, 0.2) is 63.8 Å². The fraction of sp³-hybridized carbons (Fsp3) is 0.286. The lowest BCUT2D eigenvalue weighted by Crippen LogP contribution is -2.61.